The first kappa shape index (κ1) is 16.1. The van der Waals surface area contributed by atoms with Crippen molar-refractivity contribution in [2.45, 2.75) is 32.9 Å². The predicted molar refractivity (Wildman–Crippen MR) is 89.9 cm³/mol. The van der Waals surface area contributed by atoms with Crippen molar-refractivity contribution in [2.24, 2.45) is 0 Å². The van der Waals surface area contributed by atoms with Crippen LogP contribution in [0.2, 0.25) is 5.02 Å². The number of aromatic nitrogens is 1. The van der Waals surface area contributed by atoms with Crippen molar-refractivity contribution in [2.75, 3.05) is 0 Å². The second kappa shape index (κ2) is 6.67. The van der Waals surface area contributed by atoms with E-state index in [-0.39, 0.29) is 18.0 Å². The minimum Gasteiger partial charge on any atom is -0.344 e. The van der Waals surface area contributed by atoms with Gasteiger partial charge in [0.2, 0.25) is 0 Å². The van der Waals surface area contributed by atoms with Gasteiger partial charge in [-0.1, -0.05) is 39.7 Å². The van der Waals surface area contributed by atoms with Crippen LogP contribution in [-0.4, -0.2) is 10.5 Å². The first-order valence-corrected chi connectivity index (χ1v) is 7.99. The number of amides is 1. The van der Waals surface area contributed by atoms with Crippen LogP contribution in [-0.2, 0) is 0 Å². The highest BCUT2D eigenvalue weighted by atomic mass is 79.9. The summed E-state index contributed by atoms with van der Waals surface area (Å²) in [5, 5.41) is 3.58. The fourth-order valence-electron chi connectivity index (χ4n) is 2.18. The zero-order valence-corrected chi connectivity index (χ0v) is 14.6. The van der Waals surface area contributed by atoms with Gasteiger partial charge in [0.05, 0.1) is 11.1 Å². The maximum absolute atomic E-state index is 12.4. The third-order valence-electron chi connectivity index (χ3n) is 3.30. The van der Waals surface area contributed by atoms with Gasteiger partial charge in [0.25, 0.3) is 5.91 Å². The maximum Gasteiger partial charge on any atom is 0.268 e. The van der Waals surface area contributed by atoms with Crippen LogP contribution in [0.15, 0.2) is 41.0 Å². The molecule has 1 aromatic carbocycles. The second-order valence-electron chi connectivity index (χ2n) is 5.29. The van der Waals surface area contributed by atoms with E-state index in [0.717, 1.165) is 10.0 Å². The largest absolute Gasteiger partial charge is 0.344 e. The normalized spacial score (nSPS) is 12.5. The van der Waals surface area contributed by atoms with E-state index >= 15 is 0 Å². The van der Waals surface area contributed by atoms with E-state index in [4.69, 9.17) is 11.6 Å². The van der Waals surface area contributed by atoms with E-state index in [9.17, 15) is 4.79 Å². The van der Waals surface area contributed by atoms with Crippen LogP contribution in [0.5, 0.6) is 0 Å². The summed E-state index contributed by atoms with van der Waals surface area (Å²) in [7, 11) is 0. The van der Waals surface area contributed by atoms with Crippen molar-refractivity contribution >= 4 is 33.4 Å². The van der Waals surface area contributed by atoms with Crippen molar-refractivity contribution in [3.63, 3.8) is 0 Å². The molecule has 1 unspecified atom stereocenters. The van der Waals surface area contributed by atoms with Crippen molar-refractivity contribution in [3.8, 4) is 0 Å². The van der Waals surface area contributed by atoms with Gasteiger partial charge < -0.3 is 9.88 Å². The van der Waals surface area contributed by atoms with E-state index in [1.165, 1.54) is 0 Å². The molecule has 0 bridgehead atoms. The Labute approximate surface area is 138 Å². The van der Waals surface area contributed by atoms with Gasteiger partial charge in [0, 0.05) is 16.7 Å². The van der Waals surface area contributed by atoms with Crippen LogP contribution in [0.1, 0.15) is 48.9 Å². The number of carbonyl (C=O) groups is 1. The predicted octanol–water partition coefficient (Wildman–Crippen LogP) is 4.98. The summed E-state index contributed by atoms with van der Waals surface area (Å²) < 4.78 is 2.88. The molecule has 3 nitrogen and oxygen atoms in total. The monoisotopic (exact) mass is 368 g/mol. The number of carbonyl (C=O) groups excluding carboxylic acids is 1. The fraction of sp³-hybridized carbons (Fsp3) is 0.312. The lowest BCUT2D eigenvalue weighted by Gasteiger charge is -2.17. The Balaban J connectivity index is 2.18. The highest BCUT2D eigenvalue weighted by Crippen LogP contribution is 2.21. The number of hydrogen-bond acceptors (Lipinski definition) is 1. The fourth-order valence-corrected chi connectivity index (χ4v) is 2.81. The van der Waals surface area contributed by atoms with Gasteiger partial charge in [-0.2, -0.15) is 0 Å². The molecule has 1 N–H and O–H groups in total. The van der Waals surface area contributed by atoms with Crippen LogP contribution in [0.25, 0.3) is 0 Å². The number of nitrogens with zero attached hydrogens (tertiary/aromatic N) is 1. The molecule has 0 fully saturated rings. The average Bonchev–Trinajstić information content (AvgIpc) is 2.81. The molecule has 0 saturated heterocycles. The molecule has 1 amide bonds. The van der Waals surface area contributed by atoms with E-state index in [1.54, 1.807) is 12.3 Å². The SMILES string of the molecule is CC(NC(=O)c1cc(Cl)cn1C(C)C)c1cccc(Br)c1. The Morgan fingerprint density at radius 1 is 1.29 bits per heavy atom. The second-order valence-corrected chi connectivity index (χ2v) is 6.65. The molecule has 112 valence electrons. The zero-order valence-electron chi connectivity index (χ0n) is 12.2. The van der Waals surface area contributed by atoms with Crippen LogP contribution in [0.3, 0.4) is 0 Å². The van der Waals surface area contributed by atoms with Gasteiger partial charge in [0.1, 0.15) is 5.69 Å². The number of hydrogen-bond donors (Lipinski definition) is 1. The lowest BCUT2D eigenvalue weighted by Crippen LogP contribution is -2.28. The first-order chi connectivity index (χ1) is 9.88. The molecule has 0 aliphatic rings. The highest BCUT2D eigenvalue weighted by Gasteiger charge is 2.17. The number of rotatable bonds is 4. The summed E-state index contributed by atoms with van der Waals surface area (Å²) >= 11 is 9.46. The molecule has 1 aromatic heterocycles. The molecule has 21 heavy (non-hydrogen) atoms. The van der Waals surface area contributed by atoms with Gasteiger partial charge in [-0.3, -0.25) is 4.79 Å². The summed E-state index contributed by atoms with van der Waals surface area (Å²) in [5.74, 6) is -0.122. The van der Waals surface area contributed by atoms with E-state index in [1.807, 2.05) is 49.6 Å². The maximum atomic E-state index is 12.4. The molecule has 0 radical (unpaired) electrons. The van der Waals surface area contributed by atoms with Crippen LogP contribution in [0, 0.1) is 0 Å². The molecule has 2 aromatic rings. The summed E-state index contributed by atoms with van der Waals surface area (Å²) in [6.07, 6.45) is 1.78. The minimum atomic E-state index is -0.122. The molecule has 1 heterocycles. The molecular weight excluding hydrogens is 352 g/mol. The van der Waals surface area contributed by atoms with E-state index in [2.05, 4.69) is 21.2 Å². The minimum absolute atomic E-state index is 0.0794. The van der Waals surface area contributed by atoms with Gasteiger partial charge in [0.15, 0.2) is 0 Å². The Hall–Kier alpha value is -1.26. The van der Waals surface area contributed by atoms with Crippen molar-refractivity contribution in [3.05, 3.63) is 57.3 Å². The molecule has 2 rings (SSSR count). The summed E-state index contributed by atoms with van der Waals surface area (Å²) in [5.41, 5.74) is 1.63. The average molecular weight is 370 g/mol. The van der Waals surface area contributed by atoms with Crippen molar-refractivity contribution in [1.29, 1.82) is 0 Å². The quantitative estimate of drug-likeness (QED) is 0.810. The summed E-state index contributed by atoms with van der Waals surface area (Å²) in [6, 6.07) is 9.70. The topological polar surface area (TPSA) is 34.0 Å². The Morgan fingerprint density at radius 2 is 2.00 bits per heavy atom. The summed E-state index contributed by atoms with van der Waals surface area (Å²) in [4.78, 5) is 12.4. The molecule has 5 heteroatoms. The third kappa shape index (κ3) is 3.89. The van der Waals surface area contributed by atoms with Gasteiger partial charge >= 0.3 is 0 Å². The van der Waals surface area contributed by atoms with Gasteiger partial charge in [-0.15, -0.1) is 0 Å². The van der Waals surface area contributed by atoms with Crippen molar-refractivity contribution in [1.82, 2.24) is 9.88 Å². The number of nitrogens with one attached hydrogen (secondary N) is 1. The number of halogens is 2. The molecule has 1 atom stereocenters. The highest BCUT2D eigenvalue weighted by molar-refractivity contribution is 9.10. The van der Waals surface area contributed by atoms with Gasteiger partial charge in [-0.05, 0) is 44.5 Å². The Morgan fingerprint density at radius 3 is 2.62 bits per heavy atom. The van der Waals surface area contributed by atoms with Gasteiger partial charge in [-0.25, -0.2) is 0 Å². The molecule has 0 saturated carbocycles. The molecule has 0 spiro atoms. The van der Waals surface area contributed by atoms with Crippen molar-refractivity contribution < 1.29 is 4.79 Å². The van der Waals surface area contributed by atoms with E-state index in [0.29, 0.717) is 10.7 Å². The Bertz CT molecular complexity index is 651. The third-order valence-corrected chi connectivity index (χ3v) is 4.00. The summed E-state index contributed by atoms with van der Waals surface area (Å²) in [6.45, 7) is 6.00. The molecular formula is C16H18BrClN2O. The van der Waals surface area contributed by atoms with Crippen LogP contribution < -0.4 is 5.32 Å². The zero-order chi connectivity index (χ0) is 15.6. The smallest absolute Gasteiger partial charge is 0.268 e. The standard InChI is InChI=1S/C16H18BrClN2O/c1-10(2)20-9-14(18)8-15(20)16(21)19-11(3)12-5-4-6-13(17)7-12/h4-11H,1-3H3,(H,19,21). The lowest BCUT2D eigenvalue weighted by atomic mass is 10.1. The molecule has 0 aliphatic carbocycles. The van der Waals surface area contributed by atoms with Crippen LogP contribution >= 0.6 is 27.5 Å². The van der Waals surface area contributed by atoms with E-state index < -0.39 is 0 Å². The first-order valence-electron chi connectivity index (χ1n) is 6.82. The number of benzene rings is 1. The lowest BCUT2D eigenvalue weighted by molar-refractivity contribution is 0.0929. The molecule has 0 aliphatic heterocycles. The Kier molecular flexibility index (Phi) is 5.12. The van der Waals surface area contributed by atoms with Crippen LogP contribution in [0.4, 0.5) is 0 Å².